The molecule has 0 spiro atoms. The lowest BCUT2D eigenvalue weighted by Crippen LogP contribution is -2.22. The summed E-state index contributed by atoms with van der Waals surface area (Å²) >= 11 is 0. The molecule has 0 radical (unpaired) electrons. The smallest absolute Gasteiger partial charge is 0.296 e. The Balaban J connectivity index is 2.79. The average Bonchev–Trinajstić information content (AvgIpc) is 2.61. The van der Waals surface area contributed by atoms with Gasteiger partial charge in [0.1, 0.15) is 16.3 Å². The maximum Gasteiger partial charge on any atom is 0.296 e. The molecule has 2 rings (SSSR count). The zero-order valence-electron chi connectivity index (χ0n) is 15.7. The van der Waals surface area contributed by atoms with E-state index in [4.69, 9.17) is 0 Å². The van der Waals surface area contributed by atoms with Crippen molar-refractivity contribution in [1.82, 2.24) is 4.57 Å². The molecule has 30 heavy (non-hydrogen) atoms. The number of aryl methyl sites for hydroxylation is 1. The number of benzene rings is 1. The number of aromatic hydroxyl groups is 1. The Morgan fingerprint density at radius 1 is 1.03 bits per heavy atom. The SMILES string of the molecule is Cc1cc(N=Nc2c(C)c(NC=O)c(=O)n(C)c2O)c(S(=O)(=O)O)cc1S(=O)(=O)O. The van der Waals surface area contributed by atoms with Gasteiger partial charge in [-0.1, -0.05) is 0 Å². The van der Waals surface area contributed by atoms with E-state index in [9.17, 15) is 40.6 Å². The number of rotatable bonds is 6. The standard InChI is InChI=1S/C15H16N4O9S2/c1-7-4-9(11(30(26,27)28)5-10(7)29(23,24)25)17-18-13-8(2)12(16-6-20)14(21)19(3)15(13)22/h4-6,22H,1-3H3,(H,16,20)(H,23,24,25)(H,26,27,28). The number of anilines is 1. The molecular formula is C15H16N4O9S2. The van der Waals surface area contributed by atoms with Crippen molar-refractivity contribution < 1.29 is 35.8 Å². The third-order valence-electron chi connectivity index (χ3n) is 4.05. The van der Waals surface area contributed by atoms with Gasteiger partial charge in [-0.3, -0.25) is 23.3 Å². The molecular weight excluding hydrogens is 444 g/mol. The van der Waals surface area contributed by atoms with Crippen LogP contribution >= 0.6 is 0 Å². The fourth-order valence-electron chi connectivity index (χ4n) is 2.54. The highest BCUT2D eigenvalue weighted by atomic mass is 32.2. The molecule has 1 aromatic carbocycles. The summed E-state index contributed by atoms with van der Waals surface area (Å²) < 4.78 is 65.5. The van der Waals surface area contributed by atoms with Crippen LogP contribution in [-0.2, 0) is 32.1 Å². The quantitative estimate of drug-likeness (QED) is 0.277. The first-order chi connectivity index (χ1) is 13.7. The zero-order valence-corrected chi connectivity index (χ0v) is 17.3. The second kappa shape index (κ2) is 7.94. The van der Waals surface area contributed by atoms with Gasteiger partial charge in [0.15, 0.2) is 5.69 Å². The summed E-state index contributed by atoms with van der Waals surface area (Å²) in [6.07, 6.45) is 0.232. The summed E-state index contributed by atoms with van der Waals surface area (Å²) in [6, 6.07) is 1.43. The van der Waals surface area contributed by atoms with E-state index in [2.05, 4.69) is 15.5 Å². The van der Waals surface area contributed by atoms with Gasteiger partial charge in [-0.2, -0.15) is 16.8 Å². The summed E-state index contributed by atoms with van der Waals surface area (Å²) in [7, 11) is -8.62. The molecule has 0 bridgehead atoms. The van der Waals surface area contributed by atoms with Crippen molar-refractivity contribution in [3.63, 3.8) is 0 Å². The van der Waals surface area contributed by atoms with Crippen molar-refractivity contribution in [2.75, 3.05) is 5.32 Å². The topological polar surface area (TPSA) is 205 Å². The van der Waals surface area contributed by atoms with Gasteiger partial charge >= 0.3 is 0 Å². The fraction of sp³-hybridized carbons (Fsp3) is 0.200. The summed E-state index contributed by atoms with van der Waals surface area (Å²) in [5, 5.41) is 19.7. The largest absolute Gasteiger partial charge is 0.493 e. The molecule has 1 aromatic heterocycles. The van der Waals surface area contributed by atoms with E-state index < -0.39 is 47.2 Å². The van der Waals surface area contributed by atoms with Crippen molar-refractivity contribution in [1.29, 1.82) is 0 Å². The number of nitrogens with zero attached hydrogens (tertiary/aromatic N) is 3. The Morgan fingerprint density at radius 3 is 2.10 bits per heavy atom. The number of carbonyl (C=O) groups is 1. The minimum absolute atomic E-state index is 0.00568. The Morgan fingerprint density at radius 2 is 1.60 bits per heavy atom. The predicted molar refractivity (Wildman–Crippen MR) is 103 cm³/mol. The van der Waals surface area contributed by atoms with Gasteiger partial charge in [-0.05, 0) is 31.5 Å². The summed E-state index contributed by atoms with van der Waals surface area (Å²) in [5.41, 5.74) is -1.89. The number of amides is 1. The fourth-order valence-corrected chi connectivity index (χ4v) is 3.98. The molecule has 0 saturated carbocycles. The lowest BCUT2D eigenvalue weighted by molar-refractivity contribution is -0.105. The first kappa shape index (κ1) is 23.1. The highest BCUT2D eigenvalue weighted by molar-refractivity contribution is 7.86. The Labute approximate surface area is 170 Å². The van der Waals surface area contributed by atoms with E-state index in [0.29, 0.717) is 6.07 Å². The monoisotopic (exact) mass is 460 g/mol. The molecule has 13 nitrogen and oxygen atoms in total. The molecule has 0 unspecified atom stereocenters. The maximum absolute atomic E-state index is 12.1. The van der Waals surface area contributed by atoms with Gasteiger partial charge in [0.25, 0.3) is 25.8 Å². The van der Waals surface area contributed by atoms with Crippen LogP contribution in [0.25, 0.3) is 0 Å². The number of aromatic nitrogens is 1. The summed E-state index contributed by atoms with van der Waals surface area (Å²) in [6.45, 7) is 2.56. The van der Waals surface area contributed by atoms with E-state index in [1.807, 2.05) is 0 Å². The predicted octanol–water partition coefficient (Wildman–Crippen LogP) is 1.18. The van der Waals surface area contributed by atoms with Crippen LogP contribution in [0, 0.1) is 13.8 Å². The minimum atomic E-state index is -4.99. The van der Waals surface area contributed by atoms with E-state index in [1.165, 1.54) is 20.9 Å². The van der Waals surface area contributed by atoms with Crippen LogP contribution in [0.4, 0.5) is 17.1 Å². The van der Waals surface area contributed by atoms with Crippen LogP contribution in [0.2, 0.25) is 0 Å². The minimum Gasteiger partial charge on any atom is -0.493 e. The maximum atomic E-state index is 12.1. The molecule has 4 N–H and O–H groups in total. The van der Waals surface area contributed by atoms with Crippen LogP contribution in [0.15, 0.2) is 36.9 Å². The number of nitrogens with one attached hydrogen (secondary N) is 1. The van der Waals surface area contributed by atoms with Gasteiger partial charge in [-0.25, -0.2) is 0 Å². The number of hydrogen-bond donors (Lipinski definition) is 4. The molecule has 1 amide bonds. The summed E-state index contributed by atoms with van der Waals surface area (Å²) in [4.78, 5) is 21.1. The van der Waals surface area contributed by atoms with Crippen molar-refractivity contribution in [3.05, 3.63) is 33.6 Å². The van der Waals surface area contributed by atoms with Gasteiger partial charge in [0.05, 0.1) is 4.90 Å². The van der Waals surface area contributed by atoms with Crippen molar-refractivity contribution in [3.8, 4) is 5.88 Å². The van der Waals surface area contributed by atoms with Gasteiger partial charge < -0.3 is 10.4 Å². The van der Waals surface area contributed by atoms with Crippen LogP contribution in [0.5, 0.6) is 5.88 Å². The molecule has 0 aliphatic carbocycles. The molecule has 2 aromatic rings. The molecule has 0 aliphatic heterocycles. The van der Waals surface area contributed by atoms with Crippen LogP contribution in [-0.4, -0.2) is 42.0 Å². The molecule has 0 saturated heterocycles. The highest BCUT2D eigenvalue weighted by Gasteiger charge is 2.24. The van der Waals surface area contributed by atoms with Crippen LogP contribution in [0.3, 0.4) is 0 Å². The van der Waals surface area contributed by atoms with Crippen molar-refractivity contribution in [2.45, 2.75) is 23.6 Å². The van der Waals surface area contributed by atoms with E-state index in [1.54, 1.807) is 0 Å². The Bertz CT molecular complexity index is 1340. The lowest BCUT2D eigenvalue weighted by Gasteiger charge is -2.12. The molecule has 0 fully saturated rings. The van der Waals surface area contributed by atoms with Gasteiger partial charge in [0.2, 0.25) is 12.3 Å². The molecule has 162 valence electrons. The molecule has 15 heteroatoms. The number of hydrogen-bond acceptors (Lipinski definition) is 9. The number of carbonyl (C=O) groups excluding carboxylic acids is 1. The van der Waals surface area contributed by atoms with Crippen molar-refractivity contribution >= 4 is 43.7 Å². The molecule has 0 atom stereocenters. The second-order valence-electron chi connectivity index (χ2n) is 6.03. The first-order valence-corrected chi connectivity index (χ1v) is 10.7. The third kappa shape index (κ3) is 4.38. The average molecular weight is 460 g/mol. The Kier molecular flexibility index (Phi) is 6.13. The van der Waals surface area contributed by atoms with E-state index >= 15 is 0 Å². The van der Waals surface area contributed by atoms with Gasteiger partial charge in [0, 0.05) is 12.6 Å². The highest BCUT2D eigenvalue weighted by Crippen LogP contribution is 2.36. The summed E-state index contributed by atoms with van der Waals surface area (Å²) in [5.74, 6) is -0.655. The van der Waals surface area contributed by atoms with E-state index in [0.717, 1.165) is 10.6 Å². The number of azo groups is 1. The Hall–Kier alpha value is -3.14. The van der Waals surface area contributed by atoms with E-state index in [-0.39, 0.29) is 28.9 Å². The number of pyridine rings is 1. The molecule has 0 aliphatic rings. The molecule has 1 heterocycles. The lowest BCUT2D eigenvalue weighted by atomic mass is 10.2. The second-order valence-corrected chi connectivity index (χ2v) is 8.81. The van der Waals surface area contributed by atoms with Crippen molar-refractivity contribution in [2.24, 2.45) is 17.3 Å². The van der Waals surface area contributed by atoms with Crippen LogP contribution in [0.1, 0.15) is 11.1 Å². The normalized spacial score (nSPS) is 12.3. The first-order valence-electron chi connectivity index (χ1n) is 7.84. The third-order valence-corrected chi connectivity index (χ3v) is 5.93. The zero-order chi connectivity index (χ0) is 23.0. The van der Waals surface area contributed by atoms with Crippen LogP contribution < -0.4 is 10.9 Å². The van der Waals surface area contributed by atoms with Gasteiger partial charge in [-0.15, -0.1) is 10.2 Å².